The molecule has 1 aromatic rings. The van der Waals surface area contributed by atoms with Crippen LogP contribution in [-0.2, 0) is 15.6 Å². The molecule has 2 nitrogen and oxygen atoms in total. The molecular weight excluding hydrogens is 468 g/mol. The summed E-state index contributed by atoms with van der Waals surface area (Å²) in [5.74, 6) is 3.47. The molecule has 0 heterocycles. The minimum Gasteiger partial charge on any atom is -0.413 e. The smallest absolute Gasteiger partial charge is 0.192 e. The maximum atomic E-state index is 7.18. The molecule has 4 aliphatic carbocycles. The Kier molecular flexibility index (Phi) is 7.37. The van der Waals surface area contributed by atoms with Crippen LogP contribution in [0.5, 0.6) is 0 Å². The number of hydrogen-bond donors (Lipinski definition) is 0. The van der Waals surface area contributed by atoms with E-state index in [0.717, 1.165) is 36.7 Å². The second-order valence-electron chi connectivity index (χ2n) is 15.6. The van der Waals surface area contributed by atoms with Crippen molar-refractivity contribution >= 4 is 8.32 Å². The SMILES string of the molecule is CCO[C@]1(Cc2ccccc2)CC[C@@]2(C)C(CC[C@H]3[C@@H]4CC[C@H](O[Si](C)(C)C(C)(C)C)[C@@]4(C)CC[C@@H]32)C1. The zero-order valence-corrected chi connectivity index (χ0v) is 26.4. The monoisotopic (exact) mass is 524 g/mol. The van der Waals surface area contributed by atoms with Crippen LogP contribution in [0.2, 0.25) is 18.1 Å². The molecular formula is C34H56O2Si. The lowest BCUT2D eigenvalue weighted by molar-refractivity contribution is -0.168. The molecule has 4 fully saturated rings. The van der Waals surface area contributed by atoms with Gasteiger partial charge in [0.1, 0.15) is 0 Å². The van der Waals surface area contributed by atoms with E-state index in [1.807, 2.05) is 0 Å². The van der Waals surface area contributed by atoms with E-state index in [2.05, 4.69) is 85.0 Å². The first-order chi connectivity index (χ1) is 17.3. The highest BCUT2D eigenvalue weighted by Crippen LogP contribution is 2.68. The van der Waals surface area contributed by atoms with E-state index in [1.165, 1.54) is 63.4 Å². The van der Waals surface area contributed by atoms with Gasteiger partial charge in [-0.15, -0.1) is 0 Å². The van der Waals surface area contributed by atoms with Crippen LogP contribution in [0.15, 0.2) is 30.3 Å². The van der Waals surface area contributed by atoms with Crippen molar-refractivity contribution in [1.82, 2.24) is 0 Å². The molecule has 1 unspecified atom stereocenters. The van der Waals surface area contributed by atoms with Crippen LogP contribution < -0.4 is 0 Å². The lowest BCUT2D eigenvalue weighted by Crippen LogP contribution is -2.57. The summed E-state index contributed by atoms with van der Waals surface area (Å²) in [7, 11) is -1.75. The van der Waals surface area contributed by atoms with Crippen molar-refractivity contribution in [3.05, 3.63) is 35.9 Å². The zero-order valence-electron chi connectivity index (χ0n) is 25.4. The number of benzene rings is 1. The van der Waals surface area contributed by atoms with Gasteiger partial charge in [-0.05, 0) is 123 Å². The van der Waals surface area contributed by atoms with Gasteiger partial charge in [0.05, 0.1) is 11.7 Å². The fourth-order valence-electron chi connectivity index (χ4n) is 9.60. The molecule has 4 saturated carbocycles. The van der Waals surface area contributed by atoms with E-state index >= 15 is 0 Å². The molecule has 8 atom stereocenters. The van der Waals surface area contributed by atoms with E-state index in [-0.39, 0.29) is 5.60 Å². The highest BCUT2D eigenvalue weighted by Gasteiger charge is 2.62. The molecule has 0 aliphatic heterocycles. The van der Waals surface area contributed by atoms with E-state index in [4.69, 9.17) is 9.16 Å². The van der Waals surface area contributed by atoms with Gasteiger partial charge in [-0.25, -0.2) is 0 Å². The normalized spacial score (nSPS) is 42.1. The maximum absolute atomic E-state index is 7.18. The zero-order chi connectivity index (χ0) is 26.7. The Morgan fingerprint density at radius 1 is 0.865 bits per heavy atom. The van der Waals surface area contributed by atoms with E-state index < -0.39 is 8.32 Å². The van der Waals surface area contributed by atoms with Crippen molar-refractivity contribution in [2.45, 2.75) is 136 Å². The fraction of sp³-hybridized carbons (Fsp3) is 0.824. The van der Waals surface area contributed by atoms with E-state index in [1.54, 1.807) is 0 Å². The van der Waals surface area contributed by atoms with Gasteiger partial charge in [-0.2, -0.15) is 0 Å². The summed E-state index contributed by atoms with van der Waals surface area (Å²) in [5, 5.41) is 0.291. The molecule has 4 aliphatic rings. The first kappa shape index (κ1) is 27.9. The van der Waals surface area contributed by atoms with Crippen molar-refractivity contribution < 1.29 is 9.16 Å². The van der Waals surface area contributed by atoms with E-state index in [9.17, 15) is 0 Å². The summed E-state index contributed by atoms with van der Waals surface area (Å²) >= 11 is 0. The van der Waals surface area contributed by atoms with Crippen molar-refractivity contribution in [2.75, 3.05) is 6.61 Å². The minimum atomic E-state index is -1.75. The second-order valence-corrected chi connectivity index (χ2v) is 20.4. The standard InChI is InChI=1S/C34H56O2Si/c1-9-35-34(23-25-13-11-10-12-14-25)22-21-32(5)26(24-34)15-16-27-28-17-18-30(33(28,6)20-19-29(27)32)36-37(7,8)31(2,3)4/h10-14,26-30H,9,15-24H2,1-8H3/t26?,27-,28-,29-,30-,32-,33-,34-/m0/s1. The Balaban J connectivity index is 1.33. The Morgan fingerprint density at radius 3 is 2.24 bits per heavy atom. The highest BCUT2D eigenvalue weighted by atomic mass is 28.4. The van der Waals surface area contributed by atoms with Crippen molar-refractivity contribution in [1.29, 1.82) is 0 Å². The third kappa shape index (κ3) is 4.82. The van der Waals surface area contributed by atoms with Crippen LogP contribution in [0.4, 0.5) is 0 Å². The van der Waals surface area contributed by atoms with Crippen molar-refractivity contribution in [3.8, 4) is 0 Å². The molecule has 208 valence electrons. The molecule has 5 rings (SSSR count). The van der Waals surface area contributed by atoms with Gasteiger partial charge in [0.2, 0.25) is 0 Å². The van der Waals surface area contributed by atoms with Gasteiger partial charge in [0.15, 0.2) is 8.32 Å². The lowest BCUT2D eigenvalue weighted by Gasteiger charge is -2.62. The molecule has 0 saturated heterocycles. The number of hydrogen-bond acceptors (Lipinski definition) is 2. The van der Waals surface area contributed by atoms with Crippen LogP contribution in [0, 0.1) is 34.5 Å². The molecule has 0 amide bonds. The minimum absolute atomic E-state index is 0.0335. The van der Waals surface area contributed by atoms with Gasteiger partial charge in [-0.3, -0.25) is 0 Å². The quantitative estimate of drug-likeness (QED) is 0.345. The second kappa shape index (κ2) is 9.77. The summed E-state index contributed by atoms with van der Waals surface area (Å²) in [6, 6.07) is 11.1. The predicted molar refractivity (Wildman–Crippen MR) is 158 cm³/mol. The molecule has 3 heteroatoms. The van der Waals surface area contributed by atoms with Gasteiger partial charge >= 0.3 is 0 Å². The van der Waals surface area contributed by atoms with Crippen LogP contribution in [0.1, 0.15) is 105 Å². The number of fused-ring (bicyclic) bond motifs is 5. The average molecular weight is 525 g/mol. The summed E-state index contributed by atoms with van der Waals surface area (Å²) in [6.07, 6.45) is 13.7. The Hall–Kier alpha value is -0.643. The Labute approximate surface area is 229 Å². The van der Waals surface area contributed by atoms with Gasteiger partial charge in [0, 0.05) is 13.0 Å². The predicted octanol–water partition coefficient (Wildman–Crippen LogP) is 9.44. The van der Waals surface area contributed by atoms with Gasteiger partial charge in [0.25, 0.3) is 0 Å². The molecule has 0 N–H and O–H groups in total. The molecule has 0 aromatic heterocycles. The largest absolute Gasteiger partial charge is 0.413 e. The third-order valence-electron chi connectivity index (χ3n) is 12.8. The topological polar surface area (TPSA) is 18.5 Å². The van der Waals surface area contributed by atoms with Crippen LogP contribution >= 0.6 is 0 Å². The van der Waals surface area contributed by atoms with Crippen molar-refractivity contribution in [2.24, 2.45) is 34.5 Å². The van der Waals surface area contributed by atoms with Gasteiger partial charge in [-0.1, -0.05) is 65.0 Å². The molecule has 0 spiro atoms. The summed E-state index contributed by atoms with van der Waals surface area (Å²) < 4.78 is 13.8. The average Bonchev–Trinajstić information content (AvgIpc) is 3.15. The van der Waals surface area contributed by atoms with Crippen LogP contribution in [0.25, 0.3) is 0 Å². The molecule has 37 heavy (non-hydrogen) atoms. The summed E-state index contributed by atoms with van der Waals surface area (Å²) in [5.41, 5.74) is 2.35. The number of rotatable bonds is 6. The first-order valence-electron chi connectivity index (χ1n) is 15.7. The summed E-state index contributed by atoms with van der Waals surface area (Å²) in [6.45, 7) is 20.5. The van der Waals surface area contributed by atoms with Crippen LogP contribution in [-0.4, -0.2) is 26.6 Å². The number of ether oxygens (including phenoxy) is 1. The van der Waals surface area contributed by atoms with Gasteiger partial charge < -0.3 is 9.16 Å². The van der Waals surface area contributed by atoms with E-state index in [0.29, 0.717) is 22.0 Å². The molecule has 0 radical (unpaired) electrons. The van der Waals surface area contributed by atoms with Crippen molar-refractivity contribution in [3.63, 3.8) is 0 Å². The summed E-state index contributed by atoms with van der Waals surface area (Å²) in [4.78, 5) is 0. The molecule has 0 bridgehead atoms. The maximum Gasteiger partial charge on any atom is 0.192 e. The Morgan fingerprint density at radius 2 is 1.57 bits per heavy atom. The Bertz CT molecular complexity index is 937. The molecule has 1 aromatic carbocycles. The first-order valence-corrected chi connectivity index (χ1v) is 18.6. The third-order valence-corrected chi connectivity index (χ3v) is 17.3. The lowest BCUT2D eigenvalue weighted by atomic mass is 9.44. The van der Waals surface area contributed by atoms with Crippen LogP contribution in [0.3, 0.4) is 0 Å². The highest BCUT2D eigenvalue weighted by molar-refractivity contribution is 6.74. The fourth-order valence-corrected chi connectivity index (χ4v) is 11.1.